The second-order valence-corrected chi connectivity index (χ2v) is 5.03. The molecule has 0 saturated carbocycles. The minimum Gasteiger partial charge on any atom is -0.337 e. The van der Waals surface area contributed by atoms with Gasteiger partial charge < -0.3 is 9.84 Å². The average Bonchev–Trinajstić information content (AvgIpc) is 2.99. The molecule has 3 rings (SSSR count). The van der Waals surface area contributed by atoms with E-state index in [0.29, 0.717) is 22.4 Å². The fourth-order valence-electron chi connectivity index (χ4n) is 2.17. The second kappa shape index (κ2) is 4.33. The average molecular weight is 265 g/mol. The zero-order valence-electron chi connectivity index (χ0n) is 9.98. The quantitative estimate of drug-likeness (QED) is 0.902. The van der Waals surface area contributed by atoms with Gasteiger partial charge in [0, 0.05) is 6.20 Å². The third-order valence-corrected chi connectivity index (χ3v) is 3.54. The molecule has 2 aromatic heterocycles. The molecule has 0 radical (unpaired) electrons. The van der Waals surface area contributed by atoms with Gasteiger partial charge in [0.15, 0.2) is 0 Å². The minimum absolute atomic E-state index is 0.230. The number of rotatable bonds is 2. The molecule has 1 N–H and O–H groups in total. The molecule has 5 nitrogen and oxygen atoms in total. The lowest BCUT2D eigenvalue weighted by atomic mass is 10.0. The van der Waals surface area contributed by atoms with Crippen LogP contribution in [0.1, 0.15) is 25.7 Å². The van der Waals surface area contributed by atoms with E-state index in [9.17, 15) is 0 Å². The van der Waals surface area contributed by atoms with Gasteiger partial charge in [-0.25, -0.2) is 0 Å². The van der Waals surface area contributed by atoms with E-state index >= 15 is 0 Å². The standard InChI is InChI=1S/C12H13ClN4O/c1-12(5-3-7-15-12)11-16-10(17-18-11)9-8(13)4-2-6-14-9/h2,4,6,15H,3,5,7H2,1H3. The number of aromatic nitrogens is 3. The molecule has 1 aliphatic rings. The van der Waals surface area contributed by atoms with Crippen LogP contribution in [0.5, 0.6) is 0 Å². The molecule has 18 heavy (non-hydrogen) atoms. The van der Waals surface area contributed by atoms with Crippen LogP contribution < -0.4 is 5.32 Å². The van der Waals surface area contributed by atoms with Gasteiger partial charge in [-0.15, -0.1) is 0 Å². The number of hydrogen-bond donors (Lipinski definition) is 1. The molecule has 1 aliphatic heterocycles. The van der Waals surface area contributed by atoms with Crippen LogP contribution in [-0.2, 0) is 5.54 Å². The molecular formula is C12H13ClN4O. The van der Waals surface area contributed by atoms with Crippen LogP contribution in [0.2, 0.25) is 5.02 Å². The Bertz CT molecular complexity index is 563. The molecule has 0 aliphatic carbocycles. The summed E-state index contributed by atoms with van der Waals surface area (Å²) in [6.45, 7) is 3.04. The first kappa shape index (κ1) is 11.6. The van der Waals surface area contributed by atoms with Gasteiger partial charge in [0.2, 0.25) is 11.7 Å². The first-order valence-corrected chi connectivity index (χ1v) is 6.27. The number of nitrogens with zero attached hydrogens (tertiary/aromatic N) is 3. The highest BCUT2D eigenvalue weighted by molar-refractivity contribution is 6.32. The molecular weight excluding hydrogens is 252 g/mol. The molecule has 1 unspecified atom stereocenters. The van der Waals surface area contributed by atoms with Crippen molar-refractivity contribution in [3.63, 3.8) is 0 Å². The van der Waals surface area contributed by atoms with E-state index < -0.39 is 0 Å². The van der Waals surface area contributed by atoms with Crippen LogP contribution in [0.25, 0.3) is 11.5 Å². The highest BCUT2D eigenvalue weighted by Gasteiger charge is 2.36. The number of halogens is 1. The predicted octanol–water partition coefficient (Wildman–Crippen LogP) is 2.38. The zero-order chi connectivity index (χ0) is 12.6. The molecule has 3 heterocycles. The maximum absolute atomic E-state index is 6.06. The normalized spacial score (nSPS) is 23.4. The molecule has 2 aromatic rings. The smallest absolute Gasteiger partial charge is 0.247 e. The van der Waals surface area contributed by atoms with Gasteiger partial charge in [-0.3, -0.25) is 4.98 Å². The monoisotopic (exact) mass is 264 g/mol. The summed E-state index contributed by atoms with van der Waals surface area (Å²) in [5.41, 5.74) is 0.322. The van der Waals surface area contributed by atoms with Gasteiger partial charge in [0.25, 0.3) is 0 Å². The van der Waals surface area contributed by atoms with E-state index in [1.807, 2.05) is 0 Å². The minimum atomic E-state index is -0.230. The van der Waals surface area contributed by atoms with Gasteiger partial charge in [0.1, 0.15) is 5.69 Å². The molecule has 1 saturated heterocycles. The molecule has 0 bridgehead atoms. The highest BCUT2D eigenvalue weighted by Crippen LogP contribution is 2.31. The maximum Gasteiger partial charge on any atom is 0.247 e. The molecule has 1 fully saturated rings. The Morgan fingerprint density at radius 2 is 2.39 bits per heavy atom. The van der Waals surface area contributed by atoms with Gasteiger partial charge in [-0.05, 0) is 38.4 Å². The summed E-state index contributed by atoms with van der Waals surface area (Å²) in [6, 6.07) is 3.53. The number of nitrogens with one attached hydrogen (secondary N) is 1. The summed E-state index contributed by atoms with van der Waals surface area (Å²) in [5, 5.41) is 7.87. The summed E-state index contributed by atoms with van der Waals surface area (Å²) in [7, 11) is 0. The van der Waals surface area contributed by atoms with Crippen LogP contribution in [-0.4, -0.2) is 21.7 Å². The Balaban J connectivity index is 1.97. The van der Waals surface area contributed by atoms with Crippen LogP contribution in [0, 0.1) is 0 Å². The fraction of sp³-hybridized carbons (Fsp3) is 0.417. The Hall–Kier alpha value is -1.46. The largest absolute Gasteiger partial charge is 0.337 e. The SMILES string of the molecule is CC1(c2nc(-c3ncccc3Cl)no2)CCCN1. The Kier molecular flexibility index (Phi) is 2.80. The van der Waals surface area contributed by atoms with Crippen molar-refractivity contribution >= 4 is 11.6 Å². The Morgan fingerprint density at radius 3 is 3.11 bits per heavy atom. The fourth-order valence-corrected chi connectivity index (χ4v) is 2.38. The van der Waals surface area contributed by atoms with Crippen LogP contribution >= 0.6 is 11.6 Å². The topological polar surface area (TPSA) is 63.8 Å². The van der Waals surface area contributed by atoms with Gasteiger partial charge in [-0.1, -0.05) is 16.8 Å². The van der Waals surface area contributed by atoms with E-state index in [1.54, 1.807) is 18.3 Å². The van der Waals surface area contributed by atoms with Crippen molar-refractivity contribution in [2.45, 2.75) is 25.3 Å². The lowest BCUT2D eigenvalue weighted by Crippen LogP contribution is -2.33. The van der Waals surface area contributed by atoms with Crippen molar-refractivity contribution in [1.29, 1.82) is 0 Å². The van der Waals surface area contributed by atoms with Crippen molar-refractivity contribution in [2.24, 2.45) is 0 Å². The van der Waals surface area contributed by atoms with E-state index in [2.05, 4.69) is 27.4 Å². The van der Waals surface area contributed by atoms with Gasteiger partial charge in [0.05, 0.1) is 10.6 Å². The van der Waals surface area contributed by atoms with Crippen LogP contribution in [0.15, 0.2) is 22.9 Å². The molecule has 6 heteroatoms. The van der Waals surface area contributed by atoms with Crippen molar-refractivity contribution in [3.8, 4) is 11.5 Å². The Morgan fingerprint density at radius 1 is 1.50 bits per heavy atom. The van der Waals surface area contributed by atoms with E-state index in [-0.39, 0.29) is 5.54 Å². The molecule has 0 aromatic carbocycles. The number of hydrogen-bond acceptors (Lipinski definition) is 5. The third-order valence-electron chi connectivity index (χ3n) is 3.24. The van der Waals surface area contributed by atoms with Gasteiger partial charge >= 0.3 is 0 Å². The number of pyridine rings is 1. The maximum atomic E-state index is 6.06. The summed E-state index contributed by atoms with van der Waals surface area (Å²) in [6.07, 6.45) is 3.76. The van der Waals surface area contributed by atoms with Crippen LogP contribution in [0.3, 0.4) is 0 Å². The van der Waals surface area contributed by atoms with E-state index in [0.717, 1.165) is 19.4 Å². The molecule has 1 atom stereocenters. The highest BCUT2D eigenvalue weighted by atomic mass is 35.5. The molecule has 94 valence electrons. The lowest BCUT2D eigenvalue weighted by molar-refractivity contribution is 0.275. The van der Waals surface area contributed by atoms with Gasteiger partial charge in [-0.2, -0.15) is 4.98 Å². The first-order chi connectivity index (χ1) is 8.69. The first-order valence-electron chi connectivity index (χ1n) is 5.89. The van der Waals surface area contributed by atoms with Crippen LogP contribution in [0.4, 0.5) is 0 Å². The zero-order valence-corrected chi connectivity index (χ0v) is 10.7. The Labute approximate surface area is 110 Å². The third kappa shape index (κ3) is 1.89. The second-order valence-electron chi connectivity index (χ2n) is 4.62. The molecule has 0 spiro atoms. The summed E-state index contributed by atoms with van der Waals surface area (Å²) < 4.78 is 5.34. The summed E-state index contributed by atoms with van der Waals surface area (Å²) in [5.74, 6) is 1.03. The van der Waals surface area contributed by atoms with E-state index in [4.69, 9.17) is 16.1 Å². The predicted molar refractivity (Wildman–Crippen MR) is 67.1 cm³/mol. The summed E-state index contributed by atoms with van der Waals surface area (Å²) in [4.78, 5) is 8.58. The lowest BCUT2D eigenvalue weighted by Gasteiger charge is -2.18. The summed E-state index contributed by atoms with van der Waals surface area (Å²) >= 11 is 6.06. The van der Waals surface area contributed by atoms with Crippen molar-refractivity contribution < 1.29 is 4.52 Å². The van der Waals surface area contributed by atoms with E-state index in [1.165, 1.54) is 0 Å². The molecule has 0 amide bonds. The van der Waals surface area contributed by atoms with Crippen molar-refractivity contribution in [1.82, 2.24) is 20.4 Å². The van der Waals surface area contributed by atoms with Crippen molar-refractivity contribution in [2.75, 3.05) is 6.54 Å². The van der Waals surface area contributed by atoms with Crippen molar-refractivity contribution in [3.05, 3.63) is 29.2 Å².